The highest BCUT2D eigenvalue weighted by Crippen LogP contribution is 2.18. The summed E-state index contributed by atoms with van der Waals surface area (Å²) in [5, 5.41) is 6.55. The predicted molar refractivity (Wildman–Crippen MR) is 86.1 cm³/mol. The number of piperidine rings is 1. The normalized spacial score (nSPS) is 17.7. The third kappa shape index (κ3) is 5.48. The monoisotopic (exact) mass is 289 g/mol. The highest BCUT2D eigenvalue weighted by molar-refractivity contribution is 5.76. The first-order valence-corrected chi connectivity index (χ1v) is 7.85. The summed E-state index contributed by atoms with van der Waals surface area (Å²) >= 11 is 0. The summed E-state index contributed by atoms with van der Waals surface area (Å²) in [6.07, 6.45) is 2.87. The van der Waals surface area contributed by atoms with Crippen LogP contribution in [0.3, 0.4) is 0 Å². The van der Waals surface area contributed by atoms with Crippen LogP contribution < -0.4 is 10.6 Å². The largest absolute Gasteiger partial charge is 0.348 e. The van der Waals surface area contributed by atoms with Crippen LogP contribution >= 0.6 is 0 Å². The fourth-order valence-electron chi connectivity index (χ4n) is 2.89. The molecule has 1 fully saturated rings. The number of hydrogen-bond donors (Lipinski definition) is 2. The first-order valence-electron chi connectivity index (χ1n) is 7.85. The number of carbonyl (C=O) groups excluding carboxylic acids is 1. The number of nitrogens with zero attached hydrogens (tertiary/aromatic N) is 1. The van der Waals surface area contributed by atoms with Crippen molar-refractivity contribution in [2.45, 2.75) is 25.3 Å². The Balaban J connectivity index is 1.92. The Kier molecular flexibility index (Phi) is 6.21. The molecule has 1 amide bonds. The Hall–Kier alpha value is -1.39. The van der Waals surface area contributed by atoms with Gasteiger partial charge in [-0.25, -0.2) is 0 Å². The van der Waals surface area contributed by atoms with Crippen LogP contribution in [0.25, 0.3) is 0 Å². The molecular formula is C17H27N3O. The maximum absolute atomic E-state index is 12.3. The number of likely N-dealkylation sites (N-methyl/N-ethyl adjacent to an activating group) is 1. The van der Waals surface area contributed by atoms with E-state index in [1.165, 1.54) is 5.56 Å². The molecule has 1 aromatic rings. The summed E-state index contributed by atoms with van der Waals surface area (Å²) < 4.78 is 0. The van der Waals surface area contributed by atoms with E-state index < -0.39 is 0 Å². The minimum atomic E-state index is 0.0652. The van der Waals surface area contributed by atoms with Crippen molar-refractivity contribution in [3.8, 4) is 0 Å². The van der Waals surface area contributed by atoms with Crippen molar-refractivity contribution in [2.24, 2.45) is 5.92 Å². The number of hydrogen-bond acceptors (Lipinski definition) is 3. The summed E-state index contributed by atoms with van der Waals surface area (Å²) in [7, 11) is 4.07. The van der Waals surface area contributed by atoms with E-state index in [4.69, 9.17) is 0 Å². The Morgan fingerprint density at radius 1 is 1.29 bits per heavy atom. The molecule has 0 saturated carbocycles. The molecule has 1 atom stereocenters. The van der Waals surface area contributed by atoms with Crippen LogP contribution in [0.2, 0.25) is 0 Å². The Morgan fingerprint density at radius 2 is 1.95 bits per heavy atom. The molecule has 1 aromatic carbocycles. The van der Waals surface area contributed by atoms with Crippen molar-refractivity contribution < 1.29 is 4.79 Å². The highest BCUT2D eigenvalue weighted by Gasteiger charge is 2.20. The summed E-state index contributed by atoms with van der Waals surface area (Å²) in [4.78, 5) is 14.4. The first-order chi connectivity index (χ1) is 10.1. The number of nitrogens with one attached hydrogen (secondary N) is 2. The number of carbonyl (C=O) groups is 1. The Morgan fingerprint density at radius 3 is 2.57 bits per heavy atom. The van der Waals surface area contributed by atoms with Crippen molar-refractivity contribution in [1.29, 1.82) is 0 Å². The minimum absolute atomic E-state index is 0.0652. The first kappa shape index (κ1) is 16.0. The van der Waals surface area contributed by atoms with E-state index in [-0.39, 0.29) is 11.9 Å². The van der Waals surface area contributed by atoms with E-state index in [1.54, 1.807) is 0 Å². The van der Waals surface area contributed by atoms with Crippen LogP contribution in [0, 0.1) is 5.92 Å². The topological polar surface area (TPSA) is 44.4 Å². The smallest absolute Gasteiger partial charge is 0.220 e. The molecule has 21 heavy (non-hydrogen) atoms. The molecule has 1 unspecified atom stereocenters. The molecule has 0 aromatic heterocycles. The molecule has 2 rings (SSSR count). The Bertz CT molecular complexity index is 427. The average Bonchev–Trinajstić information content (AvgIpc) is 2.48. The minimum Gasteiger partial charge on any atom is -0.348 e. The SMILES string of the molecule is CN(C)CC(NC(=O)CC1CCNCC1)c1ccccc1. The molecule has 0 radical (unpaired) electrons. The van der Waals surface area contributed by atoms with Gasteiger partial charge in [0, 0.05) is 13.0 Å². The van der Waals surface area contributed by atoms with Crippen LogP contribution in [0.4, 0.5) is 0 Å². The van der Waals surface area contributed by atoms with Gasteiger partial charge in [-0.2, -0.15) is 0 Å². The molecular weight excluding hydrogens is 262 g/mol. The second-order valence-corrected chi connectivity index (χ2v) is 6.19. The van der Waals surface area contributed by atoms with Gasteiger partial charge in [-0.05, 0) is 51.5 Å². The number of amides is 1. The average molecular weight is 289 g/mol. The van der Waals surface area contributed by atoms with E-state index >= 15 is 0 Å². The van der Waals surface area contributed by atoms with Crippen LogP contribution in [0.15, 0.2) is 30.3 Å². The summed E-state index contributed by atoms with van der Waals surface area (Å²) in [5.74, 6) is 0.708. The third-order valence-electron chi connectivity index (χ3n) is 4.02. The number of rotatable bonds is 6. The van der Waals surface area contributed by atoms with Crippen molar-refractivity contribution in [3.05, 3.63) is 35.9 Å². The maximum Gasteiger partial charge on any atom is 0.220 e. The van der Waals surface area contributed by atoms with Gasteiger partial charge in [0.2, 0.25) is 5.91 Å². The Labute approximate surface area is 127 Å². The lowest BCUT2D eigenvalue weighted by molar-refractivity contribution is -0.123. The van der Waals surface area contributed by atoms with Crippen LogP contribution in [-0.4, -0.2) is 44.5 Å². The lowest BCUT2D eigenvalue weighted by atomic mass is 9.94. The lowest BCUT2D eigenvalue weighted by Crippen LogP contribution is -2.37. The van der Waals surface area contributed by atoms with Gasteiger partial charge in [-0.3, -0.25) is 4.79 Å². The van der Waals surface area contributed by atoms with Crippen molar-refractivity contribution >= 4 is 5.91 Å². The van der Waals surface area contributed by atoms with Gasteiger partial charge in [-0.1, -0.05) is 30.3 Å². The molecule has 0 spiro atoms. The van der Waals surface area contributed by atoms with Crippen molar-refractivity contribution in [2.75, 3.05) is 33.7 Å². The van der Waals surface area contributed by atoms with Gasteiger partial charge < -0.3 is 15.5 Å². The van der Waals surface area contributed by atoms with Crippen molar-refractivity contribution in [1.82, 2.24) is 15.5 Å². The fourth-order valence-corrected chi connectivity index (χ4v) is 2.89. The van der Waals surface area contributed by atoms with Gasteiger partial charge in [-0.15, -0.1) is 0 Å². The lowest BCUT2D eigenvalue weighted by Gasteiger charge is -2.26. The second kappa shape index (κ2) is 8.15. The predicted octanol–water partition coefficient (Wildman–Crippen LogP) is 1.80. The van der Waals surface area contributed by atoms with Crippen molar-refractivity contribution in [3.63, 3.8) is 0 Å². The zero-order chi connectivity index (χ0) is 15.1. The van der Waals surface area contributed by atoms with Gasteiger partial charge >= 0.3 is 0 Å². The molecule has 1 saturated heterocycles. The molecule has 2 N–H and O–H groups in total. The zero-order valence-electron chi connectivity index (χ0n) is 13.1. The zero-order valence-corrected chi connectivity index (χ0v) is 13.1. The quantitative estimate of drug-likeness (QED) is 0.839. The van der Waals surface area contributed by atoms with Gasteiger partial charge in [0.1, 0.15) is 0 Å². The number of benzene rings is 1. The van der Waals surface area contributed by atoms with Crippen LogP contribution in [0.5, 0.6) is 0 Å². The maximum atomic E-state index is 12.3. The summed E-state index contributed by atoms with van der Waals surface area (Å²) in [5.41, 5.74) is 1.17. The van der Waals surface area contributed by atoms with Crippen LogP contribution in [-0.2, 0) is 4.79 Å². The van der Waals surface area contributed by atoms with E-state index in [0.717, 1.165) is 32.5 Å². The second-order valence-electron chi connectivity index (χ2n) is 6.19. The van der Waals surface area contributed by atoms with E-state index in [9.17, 15) is 4.79 Å². The molecule has 0 aliphatic carbocycles. The van der Waals surface area contributed by atoms with E-state index in [0.29, 0.717) is 12.3 Å². The van der Waals surface area contributed by atoms with Gasteiger partial charge in [0.25, 0.3) is 0 Å². The standard InChI is InChI=1S/C17H27N3O/c1-20(2)13-16(15-6-4-3-5-7-15)19-17(21)12-14-8-10-18-11-9-14/h3-7,14,16,18H,8-13H2,1-2H3,(H,19,21). The highest BCUT2D eigenvalue weighted by atomic mass is 16.1. The molecule has 1 aliphatic heterocycles. The van der Waals surface area contributed by atoms with Crippen LogP contribution in [0.1, 0.15) is 30.9 Å². The van der Waals surface area contributed by atoms with Gasteiger partial charge in [0.15, 0.2) is 0 Å². The molecule has 0 bridgehead atoms. The van der Waals surface area contributed by atoms with E-state index in [2.05, 4.69) is 27.7 Å². The fraction of sp³-hybridized carbons (Fsp3) is 0.588. The molecule has 116 valence electrons. The molecule has 1 heterocycles. The van der Waals surface area contributed by atoms with E-state index in [1.807, 2.05) is 32.3 Å². The molecule has 4 heteroatoms. The van der Waals surface area contributed by atoms with Gasteiger partial charge in [0.05, 0.1) is 6.04 Å². The third-order valence-corrected chi connectivity index (χ3v) is 4.02. The summed E-state index contributed by atoms with van der Waals surface area (Å²) in [6.45, 7) is 2.90. The molecule has 4 nitrogen and oxygen atoms in total. The molecule has 1 aliphatic rings. The summed E-state index contributed by atoms with van der Waals surface area (Å²) in [6, 6.07) is 10.3.